The standard InChI is InChI=1S/C17H28N2/c1-5-18-17(12-19(4)15-7-6-8-15)16-11-13(2)9-10-14(16)3/h9-11,15,17-18H,5-8,12H2,1-4H3. The lowest BCUT2D eigenvalue weighted by atomic mass is 9.90. The van der Waals surface area contributed by atoms with E-state index in [0.717, 1.165) is 19.1 Å². The van der Waals surface area contributed by atoms with Crippen LogP contribution in [0.2, 0.25) is 0 Å². The van der Waals surface area contributed by atoms with Crippen molar-refractivity contribution in [1.29, 1.82) is 0 Å². The molecule has 1 N–H and O–H groups in total. The lowest BCUT2D eigenvalue weighted by molar-refractivity contribution is 0.145. The van der Waals surface area contributed by atoms with Crippen molar-refractivity contribution < 1.29 is 0 Å². The number of aryl methyl sites for hydroxylation is 2. The van der Waals surface area contributed by atoms with E-state index in [-0.39, 0.29) is 0 Å². The molecule has 1 fully saturated rings. The second kappa shape index (κ2) is 6.53. The first-order chi connectivity index (χ1) is 9.11. The maximum Gasteiger partial charge on any atom is 0.0451 e. The number of benzene rings is 1. The molecule has 1 aromatic rings. The molecule has 0 radical (unpaired) electrons. The van der Waals surface area contributed by atoms with Gasteiger partial charge in [0.15, 0.2) is 0 Å². The molecule has 0 saturated heterocycles. The molecule has 1 unspecified atom stereocenters. The van der Waals surface area contributed by atoms with E-state index in [1.54, 1.807) is 0 Å². The van der Waals surface area contributed by atoms with Crippen molar-refractivity contribution in [1.82, 2.24) is 10.2 Å². The van der Waals surface area contributed by atoms with E-state index in [9.17, 15) is 0 Å². The summed E-state index contributed by atoms with van der Waals surface area (Å²) in [4.78, 5) is 2.54. The monoisotopic (exact) mass is 260 g/mol. The zero-order valence-electron chi connectivity index (χ0n) is 12.9. The third-order valence-electron chi connectivity index (χ3n) is 4.43. The first-order valence-corrected chi connectivity index (χ1v) is 7.62. The predicted molar refractivity (Wildman–Crippen MR) is 82.6 cm³/mol. The van der Waals surface area contributed by atoms with E-state index >= 15 is 0 Å². The number of likely N-dealkylation sites (N-methyl/N-ethyl adjacent to an activating group) is 2. The zero-order chi connectivity index (χ0) is 13.8. The Hall–Kier alpha value is -0.860. The summed E-state index contributed by atoms with van der Waals surface area (Å²) >= 11 is 0. The first kappa shape index (κ1) is 14.5. The van der Waals surface area contributed by atoms with Gasteiger partial charge in [-0.2, -0.15) is 0 Å². The second-order valence-corrected chi connectivity index (χ2v) is 5.99. The highest BCUT2D eigenvalue weighted by atomic mass is 15.2. The Balaban J connectivity index is 2.11. The molecular weight excluding hydrogens is 232 g/mol. The van der Waals surface area contributed by atoms with Gasteiger partial charge in [0.25, 0.3) is 0 Å². The summed E-state index contributed by atoms with van der Waals surface area (Å²) < 4.78 is 0. The Morgan fingerprint density at radius 1 is 1.32 bits per heavy atom. The van der Waals surface area contributed by atoms with Crippen LogP contribution >= 0.6 is 0 Å². The van der Waals surface area contributed by atoms with Gasteiger partial charge in [0.05, 0.1) is 0 Å². The van der Waals surface area contributed by atoms with Crippen molar-refractivity contribution in [3.05, 3.63) is 34.9 Å². The van der Waals surface area contributed by atoms with E-state index in [1.807, 2.05) is 0 Å². The number of rotatable bonds is 6. The molecule has 1 aliphatic carbocycles. The molecule has 106 valence electrons. The van der Waals surface area contributed by atoms with Gasteiger partial charge in [0.2, 0.25) is 0 Å². The van der Waals surface area contributed by atoms with Gasteiger partial charge in [0, 0.05) is 18.6 Å². The predicted octanol–water partition coefficient (Wildman–Crippen LogP) is 3.44. The molecule has 2 heteroatoms. The second-order valence-electron chi connectivity index (χ2n) is 5.99. The van der Waals surface area contributed by atoms with Crippen LogP contribution in [0, 0.1) is 13.8 Å². The molecule has 0 spiro atoms. The highest BCUT2D eigenvalue weighted by Crippen LogP contribution is 2.26. The van der Waals surface area contributed by atoms with Crippen molar-refractivity contribution in [2.75, 3.05) is 20.1 Å². The van der Waals surface area contributed by atoms with Crippen molar-refractivity contribution in [3.63, 3.8) is 0 Å². The van der Waals surface area contributed by atoms with Gasteiger partial charge in [-0.05, 0) is 51.4 Å². The van der Waals surface area contributed by atoms with Crippen molar-refractivity contribution in [2.45, 2.75) is 52.1 Å². The van der Waals surface area contributed by atoms with Crippen LogP contribution in [0.4, 0.5) is 0 Å². The van der Waals surface area contributed by atoms with E-state index < -0.39 is 0 Å². The maximum atomic E-state index is 3.66. The topological polar surface area (TPSA) is 15.3 Å². The van der Waals surface area contributed by atoms with Crippen LogP contribution in [0.25, 0.3) is 0 Å². The summed E-state index contributed by atoms with van der Waals surface area (Å²) in [7, 11) is 2.28. The van der Waals surface area contributed by atoms with Crippen LogP contribution in [0.15, 0.2) is 18.2 Å². The van der Waals surface area contributed by atoms with E-state index in [2.05, 4.69) is 56.2 Å². The molecule has 1 aromatic carbocycles. The quantitative estimate of drug-likeness (QED) is 0.843. The molecule has 1 saturated carbocycles. The maximum absolute atomic E-state index is 3.66. The molecule has 2 rings (SSSR count). The Labute approximate surface area is 118 Å². The lowest BCUT2D eigenvalue weighted by Crippen LogP contribution is -2.42. The smallest absolute Gasteiger partial charge is 0.0451 e. The van der Waals surface area contributed by atoms with Crippen molar-refractivity contribution in [2.24, 2.45) is 0 Å². The Bertz CT molecular complexity index is 410. The highest BCUT2D eigenvalue weighted by molar-refractivity contribution is 5.33. The summed E-state index contributed by atoms with van der Waals surface area (Å²) in [6.45, 7) is 8.74. The van der Waals surface area contributed by atoms with Crippen LogP contribution in [0.5, 0.6) is 0 Å². The Kier molecular flexibility index (Phi) is 5.00. The largest absolute Gasteiger partial charge is 0.309 e. The van der Waals surface area contributed by atoms with Gasteiger partial charge in [-0.1, -0.05) is 37.1 Å². The molecule has 0 aromatic heterocycles. The van der Waals surface area contributed by atoms with Gasteiger partial charge in [-0.25, -0.2) is 0 Å². The fourth-order valence-corrected chi connectivity index (χ4v) is 2.92. The average molecular weight is 260 g/mol. The van der Waals surface area contributed by atoms with Crippen LogP contribution < -0.4 is 5.32 Å². The van der Waals surface area contributed by atoms with Crippen molar-refractivity contribution in [3.8, 4) is 0 Å². The molecule has 2 nitrogen and oxygen atoms in total. The highest BCUT2D eigenvalue weighted by Gasteiger charge is 2.24. The number of hydrogen-bond acceptors (Lipinski definition) is 2. The van der Waals surface area contributed by atoms with Crippen molar-refractivity contribution >= 4 is 0 Å². The van der Waals surface area contributed by atoms with E-state index in [4.69, 9.17) is 0 Å². The van der Waals surface area contributed by atoms with Gasteiger partial charge in [-0.3, -0.25) is 0 Å². The average Bonchev–Trinajstić information content (AvgIpc) is 2.29. The summed E-state index contributed by atoms with van der Waals surface area (Å²) in [5.74, 6) is 0. The minimum absolute atomic E-state index is 0.454. The van der Waals surface area contributed by atoms with E-state index in [0.29, 0.717) is 6.04 Å². The molecular formula is C17H28N2. The first-order valence-electron chi connectivity index (χ1n) is 7.62. The van der Waals surface area contributed by atoms with Crippen LogP contribution in [-0.2, 0) is 0 Å². The van der Waals surface area contributed by atoms with Crippen LogP contribution in [0.3, 0.4) is 0 Å². The fraction of sp³-hybridized carbons (Fsp3) is 0.647. The Morgan fingerprint density at radius 3 is 2.63 bits per heavy atom. The normalized spacial score (nSPS) is 17.5. The number of nitrogens with one attached hydrogen (secondary N) is 1. The minimum Gasteiger partial charge on any atom is -0.309 e. The number of hydrogen-bond donors (Lipinski definition) is 1. The molecule has 1 atom stereocenters. The van der Waals surface area contributed by atoms with Crippen LogP contribution in [-0.4, -0.2) is 31.1 Å². The molecule has 0 heterocycles. The SMILES string of the molecule is CCNC(CN(C)C1CCC1)c1cc(C)ccc1C. The molecule has 0 aliphatic heterocycles. The van der Waals surface area contributed by atoms with Crippen LogP contribution in [0.1, 0.15) is 48.9 Å². The van der Waals surface area contributed by atoms with Gasteiger partial charge in [-0.15, -0.1) is 0 Å². The van der Waals surface area contributed by atoms with E-state index in [1.165, 1.54) is 36.0 Å². The summed E-state index contributed by atoms with van der Waals surface area (Å²) in [5, 5.41) is 3.66. The van der Waals surface area contributed by atoms with Gasteiger partial charge >= 0.3 is 0 Å². The molecule has 0 amide bonds. The third kappa shape index (κ3) is 3.58. The molecule has 1 aliphatic rings. The fourth-order valence-electron chi connectivity index (χ4n) is 2.92. The summed E-state index contributed by atoms with van der Waals surface area (Å²) in [5.41, 5.74) is 4.22. The Morgan fingerprint density at radius 2 is 2.05 bits per heavy atom. The lowest BCUT2D eigenvalue weighted by Gasteiger charge is -2.37. The molecule has 0 bridgehead atoms. The van der Waals surface area contributed by atoms with Gasteiger partial charge < -0.3 is 10.2 Å². The van der Waals surface area contributed by atoms with Gasteiger partial charge in [0.1, 0.15) is 0 Å². The summed E-state index contributed by atoms with van der Waals surface area (Å²) in [6.07, 6.45) is 4.16. The summed E-state index contributed by atoms with van der Waals surface area (Å²) in [6, 6.07) is 8.06. The number of nitrogens with zero attached hydrogens (tertiary/aromatic N) is 1. The zero-order valence-corrected chi connectivity index (χ0v) is 12.9. The third-order valence-corrected chi connectivity index (χ3v) is 4.43. The minimum atomic E-state index is 0.454. The molecule has 19 heavy (non-hydrogen) atoms.